The second-order valence-electron chi connectivity index (χ2n) is 6.12. The van der Waals surface area contributed by atoms with Gasteiger partial charge in [-0.15, -0.1) is 0 Å². The van der Waals surface area contributed by atoms with Crippen molar-refractivity contribution < 1.29 is 0 Å². The predicted molar refractivity (Wildman–Crippen MR) is 85.8 cm³/mol. The number of rotatable bonds is 1. The number of hydrogen-bond acceptors (Lipinski definition) is 3. The van der Waals surface area contributed by atoms with Crippen LogP contribution in [0.4, 0.5) is 5.69 Å². The third kappa shape index (κ3) is 1.46. The average Bonchev–Trinajstić information content (AvgIpc) is 3.25. The molecule has 0 radical (unpaired) electrons. The fourth-order valence-electron chi connectivity index (χ4n) is 4.17. The van der Waals surface area contributed by atoms with Crippen LogP contribution in [-0.4, -0.2) is 9.38 Å². The van der Waals surface area contributed by atoms with Gasteiger partial charge in [-0.1, -0.05) is 42.4 Å². The van der Waals surface area contributed by atoms with Gasteiger partial charge in [-0.3, -0.25) is 4.40 Å². The molecule has 0 saturated heterocycles. The van der Waals surface area contributed by atoms with Crippen molar-refractivity contribution in [3.63, 3.8) is 0 Å². The summed E-state index contributed by atoms with van der Waals surface area (Å²) in [6.45, 7) is 1.01. The molecule has 2 aliphatic rings. The zero-order valence-electron chi connectivity index (χ0n) is 11.8. The van der Waals surface area contributed by atoms with E-state index in [9.17, 15) is 0 Å². The summed E-state index contributed by atoms with van der Waals surface area (Å²) >= 11 is 1.90. The Kier molecular flexibility index (Phi) is 2.31. The van der Waals surface area contributed by atoms with Crippen molar-refractivity contribution in [2.45, 2.75) is 37.8 Å². The van der Waals surface area contributed by atoms with Crippen molar-refractivity contribution in [3.05, 3.63) is 53.3 Å². The van der Waals surface area contributed by atoms with Crippen LogP contribution in [0.15, 0.2) is 42.7 Å². The maximum atomic E-state index is 4.50. The van der Waals surface area contributed by atoms with Gasteiger partial charge in [0.1, 0.15) is 0 Å². The quantitative estimate of drug-likeness (QED) is 0.671. The summed E-state index contributed by atoms with van der Waals surface area (Å²) < 4.78 is 2.29. The van der Waals surface area contributed by atoms with Crippen LogP contribution in [-0.2, 0) is 12.1 Å². The molecule has 3 heterocycles. The second-order valence-corrected chi connectivity index (χ2v) is 7.10. The number of para-hydroxylation sites is 1. The van der Waals surface area contributed by atoms with Crippen molar-refractivity contribution in [1.29, 1.82) is 0 Å². The Balaban J connectivity index is 1.72. The first kappa shape index (κ1) is 11.8. The monoisotopic (exact) mass is 295 g/mol. The van der Waals surface area contributed by atoms with E-state index in [2.05, 4.69) is 50.8 Å². The van der Waals surface area contributed by atoms with Crippen LogP contribution >= 0.6 is 11.3 Å². The average molecular weight is 295 g/mol. The molecule has 0 unspecified atom stereocenters. The van der Waals surface area contributed by atoms with Gasteiger partial charge in [-0.05, 0) is 25.0 Å². The van der Waals surface area contributed by atoms with Gasteiger partial charge in [0.2, 0.25) is 0 Å². The van der Waals surface area contributed by atoms with Crippen LogP contribution in [0, 0.1) is 0 Å². The van der Waals surface area contributed by atoms with Crippen LogP contribution in [0.2, 0.25) is 0 Å². The van der Waals surface area contributed by atoms with Crippen LogP contribution in [0.3, 0.4) is 0 Å². The minimum absolute atomic E-state index is 0.224. The van der Waals surface area contributed by atoms with Crippen LogP contribution in [0.25, 0.3) is 4.96 Å². The molecule has 106 valence electrons. The summed E-state index contributed by atoms with van der Waals surface area (Å²) in [6, 6.07) is 10.9. The summed E-state index contributed by atoms with van der Waals surface area (Å²) in [5.41, 5.74) is 3.04. The number of aromatic nitrogens is 2. The molecule has 4 heteroatoms. The van der Waals surface area contributed by atoms with Crippen molar-refractivity contribution in [2.75, 3.05) is 4.90 Å². The topological polar surface area (TPSA) is 20.5 Å². The van der Waals surface area contributed by atoms with Gasteiger partial charge in [0.05, 0.1) is 22.7 Å². The Bertz CT molecular complexity index is 796. The van der Waals surface area contributed by atoms with E-state index in [1.165, 1.54) is 37.1 Å². The molecule has 2 aromatic heterocycles. The van der Waals surface area contributed by atoms with Crippen molar-refractivity contribution >= 4 is 22.0 Å². The third-order valence-electron chi connectivity index (χ3n) is 5.10. The molecule has 1 spiro atoms. The summed E-state index contributed by atoms with van der Waals surface area (Å²) in [7, 11) is 0. The Morgan fingerprint density at radius 2 is 1.90 bits per heavy atom. The molecular formula is C17H17N3S. The molecule has 1 aliphatic carbocycles. The normalized spacial score (nSPS) is 19.7. The lowest BCUT2D eigenvalue weighted by molar-refractivity contribution is 0.445. The van der Waals surface area contributed by atoms with E-state index in [0.29, 0.717) is 0 Å². The van der Waals surface area contributed by atoms with E-state index >= 15 is 0 Å². The number of nitrogens with zero attached hydrogens (tertiary/aromatic N) is 3. The van der Waals surface area contributed by atoms with Crippen LogP contribution in [0.1, 0.15) is 36.3 Å². The molecule has 0 bridgehead atoms. The van der Waals surface area contributed by atoms with Crippen LogP contribution < -0.4 is 4.90 Å². The number of fused-ring (bicyclic) bond motifs is 4. The van der Waals surface area contributed by atoms with Gasteiger partial charge in [0, 0.05) is 18.1 Å². The zero-order chi connectivity index (χ0) is 13.9. The fourth-order valence-corrected chi connectivity index (χ4v) is 5.52. The highest BCUT2D eigenvalue weighted by Gasteiger charge is 2.49. The highest BCUT2D eigenvalue weighted by atomic mass is 32.1. The number of benzene rings is 1. The van der Waals surface area contributed by atoms with Crippen molar-refractivity contribution in [2.24, 2.45) is 0 Å². The lowest BCUT2D eigenvalue weighted by atomic mass is 9.95. The molecule has 1 saturated carbocycles. The molecule has 21 heavy (non-hydrogen) atoms. The van der Waals surface area contributed by atoms with E-state index in [-0.39, 0.29) is 5.54 Å². The van der Waals surface area contributed by atoms with Crippen molar-refractivity contribution in [1.82, 2.24) is 9.38 Å². The van der Waals surface area contributed by atoms with Gasteiger partial charge in [-0.2, -0.15) is 0 Å². The summed E-state index contributed by atoms with van der Waals surface area (Å²) in [6.07, 6.45) is 9.25. The lowest BCUT2D eigenvalue weighted by Gasteiger charge is -2.37. The maximum absolute atomic E-state index is 4.50. The molecular weight excluding hydrogens is 278 g/mol. The van der Waals surface area contributed by atoms with E-state index in [1.807, 2.05) is 17.5 Å². The maximum Gasteiger partial charge on any atom is 0.194 e. The molecule has 3 aromatic rings. The molecule has 0 amide bonds. The number of anilines is 1. The molecule has 1 fully saturated rings. The highest BCUT2D eigenvalue weighted by molar-refractivity contribution is 7.17. The molecule has 0 atom stereocenters. The Hall–Kier alpha value is -1.81. The predicted octanol–water partition coefficient (Wildman–Crippen LogP) is 4.19. The van der Waals surface area contributed by atoms with Crippen LogP contribution in [0.5, 0.6) is 0 Å². The standard InChI is InChI=1S/C17H17N3S/c1-2-6-13(7-3-1)20-12-14-15(17(20)8-4-5-9-17)21-16-18-10-11-19(14)16/h1-3,6-7,10-11H,4-5,8-9,12H2. The SMILES string of the molecule is c1ccc(N2Cc3c(sc4nccn34)C23CCCC3)cc1. The van der Waals surface area contributed by atoms with E-state index < -0.39 is 0 Å². The van der Waals surface area contributed by atoms with E-state index in [1.54, 1.807) is 4.88 Å². The molecule has 1 aliphatic heterocycles. The van der Waals surface area contributed by atoms with Gasteiger partial charge in [0.25, 0.3) is 0 Å². The Morgan fingerprint density at radius 3 is 2.71 bits per heavy atom. The Labute approximate surface area is 127 Å². The largest absolute Gasteiger partial charge is 0.355 e. The molecule has 3 nitrogen and oxygen atoms in total. The first-order chi connectivity index (χ1) is 10.4. The summed E-state index contributed by atoms with van der Waals surface area (Å²) in [5, 5.41) is 0. The molecule has 1 aromatic carbocycles. The van der Waals surface area contributed by atoms with Crippen molar-refractivity contribution in [3.8, 4) is 0 Å². The minimum Gasteiger partial charge on any atom is -0.355 e. The van der Waals surface area contributed by atoms with Gasteiger partial charge in [0.15, 0.2) is 4.96 Å². The first-order valence-electron chi connectivity index (χ1n) is 7.66. The Morgan fingerprint density at radius 1 is 1.10 bits per heavy atom. The molecule has 0 N–H and O–H groups in total. The van der Waals surface area contributed by atoms with E-state index in [0.717, 1.165) is 11.5 Å². The van der Waals surface area contributed by atoms with Gasteiger partial charge < -0.3 is 4.90 Å². The van der Waals surface area contributed by atoms with Gasteiger partial charge in [-0.25, -0.2) is 4.98 Å². The van der Waals surface area contributed by atoms with Gasteiger partial charge >= 0.3 is 0 Å². The third-order valence-corrected chi connectivity index (χ3v) is 6.40. The minimum atomic E-state index is 0.224. The highest BCUT2D eigenvalue weighted by Crippen LogP contribution is 2.54. The number of hydrogen-bond donors (Lipinski definition) is 0. The summed E-state index contributed by atoms with van der Waals surface area (Å²) in [4.78, 5) is 9.85. The zero-order valence-corrected chi connectivity index (χ0v) is 12.6. The molecule has 5 rings (SSSR count). The summed E-state index contributed by atoms with van der Waals surface area (Å²) in [5.74, 6) is 0. The smallest absolute Gasteiger partial charge is 0.194 e. The second kappa shape index (κ2) is 4.10. The lowest BCUT2D eigenvalue weighted by Crippen LogP contribution is -2.38. The number of thiazole rings is 1. The van der Waals surface area contributed by atoms with E-state index in [4.69, 9.17) is 0 Å². The first-order valence-corrected chi connectivity index (χ1v) is 8.48. The fraction of sp³-hybridized carbons (Fsp3) is 0.353. The number of imidazole rings is 1.